The first-order valence-corrected chi connectivity index (χ1v) is 9.76. The monoisotopic (exact) mass is 397 g/mol. The Morgan fingerprint density at radius 1 is 1.38 bits per heavy atom. The van der Waals surface area contributed by atoms with E-state index in [2.05, 4.69) is 30.3 Å². The number of hydrogen-bond donors (Lipinski definition) is 2. The van der Waals surface area contributed by atoms with Crippen molar-refractivity contribution < 1.29 is 17.7 Å². The van der Waals surface area contributed by atoms with Crippen LogP contribution in [0.3, 0.4) is 0 Å². The molecule has 2 N–H and O–H groups in total. The standard InChI is InChI=1S/C13H15N7O4S2/c1-3-20-7-9(4-15-20)12-18-10(24-19-12)5-16-26(22,23)11-6-14-13(25-11)17-8(2)21/h4,6-7,16H,3,5H2,1-2H3,(H,14,17,21). The van der Waals surface area contributed by atoms with E-state index in [0.29, 0.717) is 17.9 Å². The van der Waals surface area contributed by atoms with E-state index in [-0.39, 0.29) is 27.7 Å². The van der Waals surface area contributed by atoms with E-state index in [1.165, 1.54) is 6.92 Å². The molecule has 11 nitrogen and oxygen atoms in total. The van der Waals surface area contributed by atoms with Gasteiger partial charge in [0.25, 0.3) is 10.0 Å². The molecule has 26 heavy (non-hydrogen) atoms. The molecule has 0 aliphatic carbocycles. The lowest BCUT2D eigenvalue weighted by Crippen LogP contribution is -2.22. The number of aromatic nitrogens is 5. The lowest BCUT2D eigenvalue weighted by atomic mass is 10.3. The maximum Gasteiger partial charge on any atom is 0.252 e. The van der Waals surface area contributed by atoms with Crippen LogP contribution in [0.1, 0.15) is 19.7 Å². The Bertz CT molecular complexity index is 1020. The zero-order chi connectivity index (χ0) is 18.7. The molecule has 0 unspecified atom stereocenters. The maximum atomic E-state index is 12.3. The highest BCUT2D eigenvalue weighted by molar-refractivity contribution is 7.91. The lowest BCUT2D eigenvalue weighted by molar-refractivity contribution is -0.114. The number of carbonyl (C=O) groups is 1. The zero-order valence-electron chi connectivity index (χ0n) is 13.8. The quantitative estimate of drug-likeness (QED) is 0.597. The molecule has 0 atom stereocenters. The highest BCUT2D eigenvalue weighted by Crippen LogP contribution is 2.23. The van der Waals surface area contributed by atoms with Crippen LogP contribution in [-0.2, 0) is 27.9 Å². The first-order chi connectivity index (χ1) is 12.4. The molecule has 3 aromatic heterocycles. The van der Waals surface area contributed by atoms with Crippen molar-refractivity contribution in [3.63, 3.8) is 0 Å². The third kappa shape index (κ3) is 4.12. The Hall–Kier alpha value is -2.64. The molecule has 0 aliphatic rings. The van der Waals surface area contributed by atoms with Crippen molar-refractivity contribution in [3.05, 3.63) is 24.5 Å². The molecule has 0 aliphatic heterocycles. The molecular weight excluding hydrogens is 382 g/mol. The van der Waals surface area contributed by atoms with Gasteiger partial charge in [0.2, 0.25) is 17.6 Å². The summed E-state index contributed by atoms with van der Waals surface area (Å²) in [6, 6.07) is 0. The summed E-state index contributed by atoms with van der Waals surface area (Å²) < 4.78 is 33.6. The van der Waals surface area contributed by atoms with Crippen LogP contribution in [0.15, 0.2) is 27.3 Å². The van der Waals surface area contributed by atoms with Crippen molar-refractivity contribution in [3.8, 4) is 11.4 Å². The van der Waals surface area contributed by atoms with Gasteiger partial charge in [0, 0.05) is 19.7 Å². The van der Waals surface area contributed by atoms with Crippen molar-refractivity contribution >= 4 is 32.4 Å². The fourth-order valence-electron chi connectivity index (χ4n) is 1.92. The summed E-state index contributed by atoms with van der Waals surface area (Å²) in [6.07, 6.45) is 4.53. The molecule has 0 saturated heterocycles. The zero-order valence-corrected chi connectivity index (χ0v) is 15.5. The number of anilines is 1. The summed E-state index contributed by atoms with van der Waals surface area (Å²) in [4.78, 5) is 19.0. The van der Waals surface area contributed by atoms with E-state index >= 15 is 0 Å². The van der Waals surface area contributed by atoms with Gasteiger partial charge in [-0.3, -0.25) is 9.48 Å². The number of carbonyl (C=O) groups excluding carboxylic acids is 1. The Morgan fingerprint density at radius 2 is 2.19 bits per heavy atom. The van der Waals surface area contributed by atoms with Crippen LogP contribution < -0.4 is 10.0 Å². The highest BCUT2D eigenvalue weighted by atomic mass is 32.2. The van der Waals surface area contributed by atoms with E-state index in [4.69, 9.17) is 4.52 Å². The first-order valence-electron chi connectivity index (χ1n) is 7.46. The van der Waals surface area contributed by atoms with E-state index in [9.17, 15) is 13.2 Å². The van der Waals surface area contributed by atoms with Crippen LogP contribution in [0, 0.1) is 0 Å². The molecular formula is C13H15N7O4S2. The lowest BCUT2D eigenvalue weighted by Gasteiger charge is -2.00. The van der Waals surface area contributed by atoms with Gasteiger partial charge in [-0.2, -0.15) is 10.1 Å². The van der Waals surface area contributed by atoms with Crippen LogP contribution in [-0.4, -0.2) is 39.2 Å². The molecule has 0 bridgehead atoms. The van der Waals surface area contributed by atoms with Gasteiger partial charge in [-0.05, 0) is 6.92 Å². The number of sulfonamides is 1. The fourth-order valence-corrected chi connectivity index (χ4v) is 4.01. The minimum atomic E-state index is -3.82. The summed E-state index contributed by atoms with van der Waals surface area (Å²) in [5.41, 5.74) is 0.673. The highest BCUT2D eigenvalue weighted by Gasteiger charge is 2.20. The van der Waals surface area contributed by atoms with Gasteiger partial charge in [-0.1, -0.05) is 16.5 Å². The molecule has 0 saturated carbocycles. The minimum absolute atomic E-state index is 0.0368. The molecule has 13 heteroatoms. The van der Waals surface area contributed by atoms with Gasteiger partial charge < -0.3 is 9.84 Å². The van der Waals surface area contributed by atoms with Crippen molar-refractivity contribution in [2.75, 3.05) is 5.32 Å². The SMILES string of the molecule is CCn1cc(-c2noc(CNS(=O)(=O)c3cnc(NC(C)=O)s3)n2)cn1. The van der Waals surface area contributed by atoms with Gasteiger partial charge in [-0.15, -0.1) is 0 Å². The topological polar surface area (TPSA) is 145 Å². The van der Waals surface area contributed by atoms with E-state index in [0.717, 1.165) is 17.5 Å². The van der Waals surface area contributed by atoms with E-state index in [1.54, 1.807) is 17.1 Å². The summed E-state index contributed by atoms with van der Waals surface area (Å²) in [5.74, 6) is 0.102. The number of amides is 1. The molecule has 0 spiro atoms. The normalized spacial score (nSPS) is 11.6. The second-order valence-electron chi connectivity index (χ2n) is 5.09. The summed E-state index contributed by atoms with van der Waals surface area (Å²) >= 11 is 0.839. The van der Waals surface area contributed by atoms with Crippen LogP contribution >= 0.6 is 11.3 Å². The average molecular weight is 397 g/mol. The molecule has 3 rings (SSSR count). The number of thiazole rings is 1. The van der Waals surface area contributed by atoms with Gasteiger partial charge >= 0.3 is 0 Å². The van der Waals surface area contributed by atoms with Gasteiger partial charge in [0.05, 0.1) is 24.5 Å². The smallest absolute Gasteiger partial charge is 0.252 e. The Balaban J connectivity index is 1.66. The summed E-state index contributed by atoms with van der Waals surface area (Å²) in [5, 5.41) is 10.6. The van der Waals surface area contributed by atoms with Crippen LogP contribution in [0.25, 0.3) is 11.4 Å². The molecule has 1 amide bonds. The number of nitrogens with one attached hydrogen (secondary N) is 2. The van der Waals surface area contributed by atoms with E-state index < -0.39 is 10.0 Å². The number of rotatable bonds is 7. The number of aryl methyl sites for hydroxylation is 1. The predicted molar refractivity (Wildman–Crippen MR) is 91.6 cm³/mol. The van der Waals surface area contributed by atoms with Gasteiger partial charge in [0.1, 0.15) is 0 Å². The summed E-state index contributed by atoms with van der Waals surface area (Å²) in [7, 11) is -3.82. The van der Waals surface area contributed by atoms with Crippen molar-refractivity contribution in [1.82, 2.24) is 29.6 Å². The van der Waals surface area contributed by atoms with Crippen molar-refractivity contribution in [1.29, 1.82) is 0 Å². The molecule has 3 heterocycles. The Labute approximate surface area is 152 Å². The molecule has 138 valence electrons. The Kier molecular flexibility index (Phi) is 5.11. The number of hydrogen-bond acceptors (Lipinski definition) is 9. The average Bonchev–Trinajstić information content (AvgIpc) is 3.32. The van der Waals surface area contributed by atoms with Gasteiger partial charge in [0.15, 0.2) is 9.34 Å². The second kappa shape index (κ2) is 7.31. The van der Waals surface area contributed by atoms with Crippen LogP contribution in [0.2, 0.25) is 0 Å². The van der Waals surface area contributed by atoms with Crippen LogP contribution in [0.4, 0.5) is 5.13 Å². The molecule has 0 radical (unpaired) electrons. The van der Waals surface area contributed by atoms with Gasteiger partial charge in [-0.25, -0.2) is 18.1 Å². The van der Waals surface area contributed by atoms with Crippen molar-refractivity contribution in [2.45, 2.75) is 31.1 Å². The fraction of sp³-hybridized carbons (Fsp3) is 0.308. The summed E-state index contributed by atoms with van der Waals surface area (Å²) in [6.45, 7) is 3.79. The maximum absolute atomic E-state index is 12.3. The van der Waals surface area contributed by atoms with Crippen LogP contribution in [0.5, 0.6) is 0 Å². The minimum Gasteiger partial charge on any atom is -0.338 e. The largest absolute Gasteiger partial charge is 0.338 e. The first kappa shape index (κ1) is 18.2. The molecule has 3 aromatic rings. The van der Waals surface area contributed by atoms with Crippen molar-refractivity contribution in [2.24, 2.45) is 0 Å². The second-order valence-corrected chi connectivity index (χ2v) is 8.11. The third-order valence-corrected chi connectivity index (χ3v) is 5.90. The molecule has 0 aromatic carbocycles. The third-order valence-electron chi connectivity index (χ3n) is 3.13. The number of nitrogens with zero attached hydrogens (tertiary/aromatic N) is 5. The molecule has 0 fully saturated rings. The Morgan fingerprint density at radius 3 is 2.88 bits per heavy atom. The van der Waals surface area contributed by atoms with E-state index in [1.807, 2.05) is 6.92 Å². The predicted octanol–water partition coefficient (Wildman–Crippen LogP) is 0.846.